The van der Waals surface area contributed by atoms with Gasteiger partial charge in [-0.1, -0.05) is 0 Å². The van der Waals surface area contributed by atoms with Crippen molar-refractivity contribution in [3.63, 3.8) is 0 Å². The van der Waals surface area contributed by atoms with Gasteiger partial charge in [-0.3, -0.25) is 14.6 Å². The van der Waals surface area contributed by atoms with Gasteiger partial charge in [0.2, 0.25) is 12.7 Å². The summed E-state index contributed by atoms with van der Waals surface area (Å²) < 4.78 is 10.6. The van der Waals surface area contributed by atoms with Crippen molar-refractivity contribution in [3.05, 3.63) is 47.8 Å². The first-order valence-corrected chi connectivity index (χ1v) is 9.02. The molecular formula is C20H21N3O4. The Morgan fingerprint density at radius 1 is 1.11 bits per heavy atom. The minimum atomic E-state index is -0.115. The average molecular weight is 367 g/mol. The maximum atomic E-state index is 12.6. The van der Waals surface area contributed by atoms with Gasteiger partial charge < -0.3 is 19.7 Å². The van der Waals surface area contributed by atoms with Gasteiger partial charge in [0.15, 0.2) is 11.5 Å². The highest BCUT2D eigenvalue weighted by atomic mass is 16.7. The smallest absolute Gasteiger partial charge is 0.255 e. The predicted octanol–water partition coefficient (Wildman–Crippen LogP) is 2.61. The molecule has 0 atom stereocenters. The topological polar surface area (TPSA) is 80.8 Å². The number of piperidine rings is 1. The molecule has 1 N–H and O–H groups in total. The second kappa shape index (κ2) is 7.26. The highest BCUT2D eigenvalue weighted by molar-refractivity contribution is 5.95. The van der Waals surface area contributed by atoms with Crippen molar-refractivity contribution in [1.29, 1.82) is 0 Å². The van der Waals surface area contributed by atoms with E-state index in [1.165, 1.54) is 0 Å². The van der Waals surface area contributed by atoms with Crippen LogP contribution in [0.1, 0.15) is 28.9 Å². The third-order valence-corrected chi connectivity index (χ3v) is 4.95. The van der Waals surface area contributed by atoms with E-state index in [4.69, 9.17) is 9.47 Å². The van der Waals surface area contributed by atoms with Crippen molar-refractivity contribution >= 4 is 17.5 Å². The number of amides is 2. The fourth-order valence-electron chi connectivity index (χ4n) is 3.34. The quantitative estimate of drug-likeness (QED) is 0.902. The van der Waals surface area contributed by atoms with Crippen molar-refractivity contribution in [1.82, 2.24) is 9.88 Å². The number of ether oxygens (including phenoxy) is 2. The summed E-state index contributed by atoms with van der Waals surface area (Å²) in [6.45, 7) is 3.21. The van der Waals surface area contributed by atoms with E-state index < -0.39 is 0 Å². The second-order valence-corrected chi connectivity index (χ2v) is 6.81. The molecule has 1 fully saturated rings. The average Bonchev–Trinajstić information content (AvgIpc) is 3.16. The van der Waals surface area contributed by atoms with Crippen LogP contribution in [-0.4, -0.2) is 41.6 Å². The van der Waals surface area contributed by atoms with Crippen molar-refractivity contribution in [2.75, 3.05) is 25.2 Å². The number of rotatable bonds is 3. The van der Waals surface area contributed by atoms with E-state index in [1.807, 2.05) is 13.0 Å². The number of pyridine rings is 1. The lowest BCUT2D eigenvalue weighted by molar-refractivity contribution is -0.121. The number of benzene rings is 1. The molecule has 2 aliphatic rings. The van der Waals surface area contributed by atoms with Gasteiger partial charge in [0.1, 0.15) is 0 Å². The third-order valence-electron chi connectivity index (χ3n) is 4.95. The molecule has 4 rings (SSSR count). The largest absolute Gasteiger partial charge is 0.454 e. The van der Waals surface area contributed by atoms with Crippen LogP contribution in [-0.2, 0) is 4.79 Å². The number of fused-ring (bicyclic) bond motifs is 1. The summed E-state index contributed by atoms with van der Waals surface area (Å²) in [6, 6.07) is 8.98. The number of hydrogen-bond acceptors (Lipinski definition) is 5. The van der Waals surface area contributed by atoms with Gasteiger partial charge in [-0.15, -0.1) is 0 Å². The van der Waals surface area contributed by atoms with Crippen LogP contribution in [0.25, 0.3) is 0 Å². The summed E-state index contributed by atoms with van der Waals surface area (Å²) in [5.41, 5.74) is 2.16. The van der Waals surface area contributed by atoms with Crippen LogP contribution in [0.15, 0.2) is 36.5 Å². The van der Waals surface area contributed by atoms with E-state index >= 15 is 0 Å². The van der Waals surface area contributed by atoms with E-state index in [1.54, 1.807) is 35.4 Å². The van der Waals surface area contributed by atoms with Crippen molar-refractivity contribution in [2.45, 2.75) is 19.8 Å². The third kappa shape index (κ3) is 3.72. The van der Waals surface area contributed by atoms with E-state index in [0.29, 0.717) is 48.7 Å². The standard InChI is InChI=1S/C20H21N3O4/c1-13-2-3-15(11-21-13)20(25)23-8-6-14(7-9-23)19(24)22-16-4-5-17-18(10-16)27-12-26-17/h2-5,10-11,14H,6-9,12H2,1H3,(H,22,24). The lowest BCUT2D eigenvalue weighted by Gasteiger charge is -2.31. The minimum absolute atomic E-state index is 0.0297. The zero-order chi connectivity index (χ0) is 18.8. The zero-order valence-electron chi connectivity index (χ0n) is 15.1. The molecule has 0 bridgehead atoms. The molecular weight excluding hydrogens is 346 g/mol. The Kier molecular flexibility index (Phi) is 4.66. The summed E-state index contributed by atoms with van der Waals surface area (Å²) in [7, 11) is 0. The van der Waals surface area contributed by atoms with Gasteiger partial charge in [0.05, 0.1) is 5.56 Å². The fraction of sp³-hybridized carbons (Fsp3) is 0.350. The molecule has 3 heterocycles. The van der Waals surface area contributed by atoms with Crippen LogP contribution < -0.4 is 14.8 Å². The SMILES string of the molecule is Cc1ccc(C(=O)N2CCC(C(=O)Nc3ccc4c(c3)OCO4)CC2)cn1. The van der Waals surface area contributed by atoms with Gasteiger partial charge in [-0.05, 0) is 44.0 Å². The van der Waals surface area contributed by atoms with Gasteiger partial charge in [-0.2, -0.15) is 0 Å². The highest BCUT2D eigenvalue weighted by Crippen LogP contribution is 2.34. The lowest BCUT2D eigenvalue weighted by Crippen LogP contribution is -2.41. The van der Waals surface area contributed by atoms with Crippen molar-refractivity contribution in [3.8, 4) is 11.5 Å². The number of carbonyl (C=O) groups is 2. The van der Waals surface area contributed by atoms with Crippen LogP contribution in [0.4, 0.5) is 5.69 Å². The monoisotopic (exact) mass is 367 g/mol. The van der Waals surface area contributed by atoms with Gasteiger partial charge in [0.25, 0.3) is 5.91 Å². The Balaban J connectivity index is 1.32. The summed E-state index contributed by atoms with van der Waals surface area (Å²) in [5.74, 6) is 1.15. The Morgan fingerprint density at radius 3 is 2.63 bits per heavy atom. The van der Waals surface area contributed by atoms with E-state index in [2.05, 4.69) is 10.3 Å². The molecule has 1 saturated heterocycles. The molecule has 140 valence electrons. The highest BCUT2D eigenvalue weighted by Gasteiger charge is 2.28. The van der Waals surface area contributed by atoms with E-state index in [9.17, 15) is 9.59 Å². The van der Waals surface area contributed by atoms with Crippen molar-refractivity contribution in [2.24, 2.45) is 5.92 Å². The van der Waals surface area contributed by atoms with Crippen LogP contribution >= 0.6 is 0 Å². The summed E-state index contributed by atoms with van der Waals surface area (Å²) in [6.07, 6.45) is 2.89. The zero-order valence-corrected chi connectivity index (χ0v) is 15.1. The molecule has 7 heteroatoms. The molecule has 2 amide bonds. The summed E-state index contributed by atoms with van der Waals surface area (Å²) in [4.78, 5) is 31.1. The molecule has 0 spiro atoms. The number of carbonyl (C=O) groups excluding carboxylic acids is 2. The minimum Gasteiger partial charge on any atom is -0.454 e. The van der Waals surface area contributed by atoms with Gasteiger partial charge >= 0.3 is 0 Å². The molecule has 2 aliphatic heterocycles. The molecule has 0 unspecified atom stereocenters. The number of likely N-dealkylation sites (tertiary alicyclic amines) is 1. The van der Waals surface area contributed by atoms with Crippen LogP contribution in [0.2, 0.25) is 0 Å². The van der Waals surface area contributed by atoms with Crippen LogP contribution in [0.3, 0.4) is 0 Å². The Hall–Kier alpha value is -3.09. The molecule has 7 nitrogen and oxygen atoms in total. The Labute approximate surface area is 157 Å². The number of nitrogens with zero attached hydrogens (tertiary/aromatic N) is 2. The van der Waals surface area contributed by atoms with Gasteiger partial charge in [-0.25, -0.2) is 0 Å². The normalized spacial score (nSPS) is 16.3. The maximum absolute atomic E-state index is 12.6. The second-order valence-electron chi connectivity index (χ2n) is 6.81. The number of anilines is 1. The van der Waals surface area contributed by atoms with E-state index in [0.717, 1.165) is 5.69 Å². The van der Waals surface area contributed by atoms with Crippen molar-refractivity contribution < 1.29 is 19.1 Å². The first kappa shape index (κ1) is 17.3. The Morgan fingerprint density at radius 2 is 1.89 bits per heavy atom. The molecule has 2 aromatic rings. The van der Waals surface area contributed by atoms with E-state index in [-0.39, 0.29) is 24.5 Å². The first-order chi connectivity index (χ1) is 13.1. The van der Waals surface area contributed by atoms with Crippen LogP contribution in [0, 0.1) is 12.8 Å². The Bertz CT molecular complexity index is 858. The first-order valence-electron chi connectivity index (χ1n) is 9.02. The molecule has 1 aromatic heterocycles. The number of nitrogens with one attached hydrogen (secondary N) is 1. The number of aryl methyl sites for hydroxylation is 1. The lowest BCUT2D eigenvalue weighted by atomic mass is 9.95. The molecule has 0 radical (unpaired) electrons. The number of aromatic nitrogens is 1. The van der Waals surface area contributed by atoms with Crippen LogP contribution in [0.5, 0.6) is 11.5 Å². The fourth-order valence-corrected chi connectivity index (χ4v) is 3.34. The molecule has 27 heavy (non-hydrogen) atoms. The number of hydrogen-bond donors (Lipinski definition) is 1. The molecule has 0 saturated carbocycles. The predicted molar refractivity (Wildman–Crippen MR) is 98.8 cm³/mol. The van der Waals surface area contributed by atoms with Gasteiger partial charge in [0, 0.05) is 42.7 Å². The summed E-state index contributed by atoms with van der Waals surface area (Å²) in [5, 5.41) is 2.94. The maximum Gasteiger partial charge on any atom is 0.255 e. The summed E-state index contributed by atoms with van der Waals surface area (Å²) >= 11 is 0. The molecule has 1 aromatic carbocycles. The molecule has 0 aliphatic carbocycles.